The van der Waals surface area contributed by atoms with Gasteiger partial charge in [-0.2, -0.15) is 0 Å². The van der Waals surface area contributed by atoms with E-state index in [1.165, 1.54) is 0 Å². The Hall–Kier alpha value is -3.05. The molecule has 5 nitrogen and oxygen atoms in total. The molecule has 6 heteroatoms. The number of anilines is 1. The van der Waals surface area contributed by atoms with Crippen molar-refractivity contribution in [1.29, 1.82) is 0 Å². The highest BCUT2D eigenvalue weighted by atomic mass is 35.5. The van der Waals surface area contributed by atoms with Gasteiger partial charge in [-0.15, -0.1) is 0 Å². The number of nitrogens with one attached hydrogen (secondary N) is 1. The van der Waals surface area contributed by atoms with Crippen LogP contribution in [0.2, 0.25) is 5.02 Å². The number of fused-ring (bicyclic) bond motifs is 1. The van der Waals surface area contributed by atoms with Crippen LogP contribution in [0.25, 0.3) is 11.2 Å². The summed E-state index contributed by atoms with van der Waals surface area (Å²) in [5.41, 5.74) is 3.24. The summed E-state index contributed by atoms with van der Waals surface area (Å²) >= 11 is 6.18. The molecule has 0 radical (unpaired) electrons. The minimum Gasteiger partial charge on any atom is -0.358 e. The van der Waals surface area contributed by atoms with Gasteiger partial charge in [0.25, 0.3) is 0 Å². The Morgan fingerprint density at radius 2 is 1.76 bits per heavy atom. The van der Waals surface area contributed by atoms with E-state index in [0.29, 0.717) is 16.5 Å². The highest BCUT2D eigenvalue weighted by molar-refractivity contribution is 6.30. The Labute approximate surface area is 149 Å². The lowest BCUT2D eigenvalue weighted by Gasteiger charge is -2.19. The highest BCUT2D eigenvalue weighted by Gasteiger charge is 2.16. The Kier molecular flexibility index (Phi) is 4.23. The normalized spacial score (nSPS) is 12.0. The Bertz CT molecular complexity index is 1010. The largest absolute Gasteiger partial charge is 0.358 e. The van der Waals surface area contributed by atoms with Gasteiger partial charge in [0, 0.05) is 23.6 Å². The molecule has 0 bridgehead atoms. The molecule has 3 heterocycles. The number of hydrogen-bond acceptors (Lipinski definition) is 5. The van der Waals surface area contributed by atoms with Gasteiger partial charge in [0.15, 0.2) is 5.65 Å². The van der Waals surface area contributed by atoms with Gasteiger partial charge < -0.3 is 5.32 Å². The predicted molar refractivity (Wildman–Crippen MR) is 98.5 cm³/mol. The molecule has 1 N–H and O–H groups in total. The number of pyridine rings is 2. The average molecular weight is 348 g/mol. The fourth-order valence-corrected chi connectivity index (χ4v) is 2.84. The van der Waals surface area contributed by atoms with Crippen molar-refractivity contribution in [2.24, 2.45) is 0 Å². The highest BCUT2D eigenvalue weighted by Crippen LogP contribution is 2.27. The quantitative estimate of drug-likeness (QED) is 0.597. The zero-order valence-corrected chi connectivity index (χ0v) is 13.9. The molecule has 0 amide bonds. The van der Waals surface area contributed by atoms with E-state index in [0.717, 1.165) is 16.8 Å². The molecule has 4 aromatic rings. The summed E-state index contributed by atoms with van der Waals surface area (Å²) in [6.45, 7) is 0. The number of aromatic nitrogens is 4. The van der Waals surface area contributed by atoms with Crippen LogP contribution in [0.1, 0.15) is 17.3 Å². The van der Waals surface area contributed by atoms with E-state index in [4.69, 9.17) is 11.6 Å². The van der Waals surface area contributed by atoms with Gasteiger partial charge in [-0.1, -0.05) is 29.8 Å². The van der Waals surface area contributed by atoms with E-state index < -0.39 is 0 Å². The maximum atomic E-state index is 6.18. The molecule has 0 fully saturated rings. The molecule has 1 unspecified atom stereocenters. The Balaban J connectivity index is 1.75. The van der Waals surface area contributed by atoms with Crippen LogP contribution in [0.4, 0.5) is 5.82 Å². The number of halogens is 1. The van der Waals surface area contributed by atoms with Gasteiger partial charge in [0.1, 0.15) is 11.3 Å². The third-order valence-electron chi connectivity index (χ3n) is 3.79. The van der Waals surface area contributed by atoms with E-state index >= 15 is 0 Å². The first-order valence-corrected chi connectivity index (χ1v) is 8.18. The second kappa shape index (κ2) is 6.83. The van der Waals surface area contributed by atoms with Crippen LogP contribution in [0.15, 0.2) is 73.2 Å². The molecular weight excluding hydrogens is 334 g/mol. The lowest BCUT2D eigenvalue weighted by atomic mass is 10.0. The summed E-state index contributed by atoms with van der Waals surface area (Å²) in [6.07, 6.45) is 5.06. The van der Waals surface area contributed by atoms with Crippen LogP contribution in [0.3, 0.4) is 0 Å². The monoisotopic (exact) mass is 347 g/mol. The molecule has 122 valence electrons. The summed E-state index contributed by atoms with van der Waals surface area (Å²) in [5.74, 6) is 0.698. The van der Waals surface area contributed by atoms with Gasteiger partial charge in [0.2, 0.25) is 0 Å². The van der Waals surface area contributed by atoms with Crippen LogP contribution in [-0.4, -0.2) is 19.9 Å². The van der Waals surface area contributed by atoms with E-state index in [2.05, 4.69) is 25.3 Å². The van der Waals surface area contributed by atoms with Gasteiger partial charge >= 0.3 is 0 Å². The van der Waals surface area contributed by atoms with Crippen LogP contribution < -0.4 is 5.32 Å². The van der Waals surface area contributed by atoms with Gasteiger partial charge in [-0.3, -0.25) is 9.97 Å². The molecule has 25 heavy (non-hydrogen) atoms. The molecular formula is C19H14ClN5. The summed E-state index contributed by atoms with van der Waals surface area (Å²) in [6, 6.07) is 17.1. The van der Waals surface area contributed by atoms with Crippen LogP contribution in [-0.2, 0) is 0 Å². The first-order valence-electron chi connectivity index (χ1n) is 7.80. The molecule has 0 aliphatic heterocycles. The van der Waals surface area contributed by atoms with E-state index in [9.17, 15) is 0 Å². The lowest BCUT2D eigenvalue weighted by Crippen LogP contribution is -2.14. The topological polar surface area (TPSA) is 63.6 Å². The summed E-state index contributed by atoms with van der Waals surface area (Å²) in [4.78, 5) is 17.5. The molecule has 0 saturated heterocycles. The van der Waals surface area contributed by atoms with E-state index in [1.54, 1.807) is 18.6 Å². The first kappa shape index (κ1) is 15.5. The van der Waals surface area contributed by atoms with Gasteiger partial charge in [0.05, 0.1) is 11.7 Å². The van der Waals surface area contributed by atoms with Crippen LogP contribution in [0.5, 0.6) is 0 Å². The van der Waals surface area contributed by atoms with Crippen molar-refractivity contribution < 1.29 is 0 Å². The zero-order chi connectivity index (χ0) is 17.1. The van der Waals surface area contributed by atoms with Crippen LogP contribution in [0, 0.1) is 0 Å². The molecule has 0 spiro atoms. The van der Waals surface area contributed by atoms with Gasteiger partial charge in [-0.25, -0.2) is 9.97 Å². The van der Waals surface area contributed by atoms with Crippen molar-refractivity contribution in [2.75, 3.05) is 5.32 Å². The molecule has 1 aromatic carbocycles. The van der Waals surface area contributed by atoms with Crippen LogP contribution >= 0.6 is 11.6 Å². The molecule has 0 aliphatic rings. The summed E-state index contributed by atoms with van der Waals surface area (Å²) in [5, 5.41) is 4.11. The maximum absolute atomic E-state index is 6.18. The number of nitrogens with zero attached hydrogens (tertiary/aromatic N) is 4. The van der Waals surface area contributed by atoms with E-state index in [-0.39, 0.29) is 6.04 Å². The third kappa shape index (κ3) is 3.41. The summed E-state index contributed by atoms with van der Waals surface area (Å²) < 4.78 is 0. The molecule has 0 aliphatic carbocycles. The lowest BCUT2D eigenvalue weighted by molar-refractivity contribution is 0.879. The fraction of sp³-hybridized carbons (Fsp3) is 0.0526. The zero-order valence-electron chi connectivity index (χ0n) is 13.2. The summed E-state index contributed by atoms with van der Waals surface area (Å²) in [7, 11) is 0. The number of hydrogen-bond donors (Lipinski definition) is 1. The minimum atomic E-state index is -0.179. The average Bonchev–Trinajstić information content (AvgIpc) is 2.66. The SMILES string of the molecule is Clc1cccc(C(Nc2ccc3nccnc3n2)c2ccccn2)c1. The first-order chi connectivity index (χ1) is 12.3. The molecule has 0 saturated carbocycles. The van der Waals surface area contributed by atoms with Crippen molar-refractivity contribution in [2.45, 2.75) is 6.04 Å². The second-order valence-corrected chi connectivity index (χ2v) is 5.92. The molecule has 3 aromatic heterocycles. The van der Waals surface area contributed by atoms with E-state index in [1.807, 2.05) is 54.6 Å². The van der Waals surface area contributed by atoms with Gasteiger partial charge in [-0.05, 0) is 42.0 Å². The van der Waals surface area contributed by atoms with Crippen molar-refractivity contribution in [3.8, 4) is 0 Å². The molecule has 4 rings (SSSR count). The van der Waals surface area contributed by atoms with Crippen molar-refractivity contribution >= 4 is 28.6 Å². The Morgan fingerprint density at radius 1 is 0.840 bits per heavy atom. The molecule has 1 atom stereocenters. The van der Waals surface area contributed by atoms with Crippen molar-refractivity contribution in [3.63, 3.8) is 0 Å². The number of benzene rings is 1. The Morgan fingerprint density at radius 3 is 2.60 bits per heavy atom. The maximum Gasteiger partial charge on any atom is 0.180 e. The number of rotatable bonds is 4. The fourth-order valence-electron chi connectivity index (χ4n) is 2.64. The van der Waals surface area contributed by atoms with Crippen molar-refractivity contribution in [1.82, 2.24) is 19.9 Å². The standard InChI is InChI=1S/C19H14ClN5/c20-14-5-3-4-13(12-14)18(15-6-1-2-9-21-15)24-17-8-7-16-19(25-17)23-11-10-22-16/h1-12,18H,(H,23,24,25). The van der Waals surface area contributed by atoms with Crippen molar-refractivity contribution in [3.05, 3.63) is 89.5 Å². The minimum absolute atomic E-state index is 0.179. The predicted octanol–water partition coefficient (Wildman–Crippen LogP) is 4.27. The second-order valence-electron chi connectivity index (χ2n) is 5.48. The third-order valence-corrected chi connectivity index (χ3v) is 4.02. The smallest absolute Gasteiger partial charge is 0.180 e.